The van der Waals surface area contributed by atoms with Crippen LogP contribution < -0.4 is 25.8 Å². The van der Waals surface area contributed by atoms with Gasteiger partial charge in [-0.15, -0.1) is 11.8 Å². The molecule has 0 aromatic heterocycles. The summed E-state index contributed by atoms with van der Waals surface area (Å²) in [6.07, 6.45) is -0.474. The maximum Gasteiger partial charge on any atom is 0.408 e. The molecule has 0 aliphatic heterocycles. The van der Waals surface area contributed by atoms with Crippen LogP contribution in [0.5, 0.6) is 11.5 Å². The van der Waals surface area contributed by atoms with Crippen molar-refractivity contribution in [1.29, 1.82) is 0 Å². The van der Waals surface area contributed by atoms with E-state index in [1.165, 1.54) is 37.4 Å². The Bertz CT molecular complexity index is 1400. The number of nitrogens with two attached hydrogens (primary N) is 1. The SMILES string of the molecule is COC(=O)C(CSC(c1ccccc1[N+](=O)[O-])c1cc(OC)c(OCCCC(=O)NCCN)cc1[N+](=O)[O-])NC(=O)OC(C)(C)C. The first kappa shape index (κ1) is 37.5. The van der Waals surface area contributed by atoms with Gasteiger partial charge in [0.2, 0.25) is 5.91 Å². The van der Waals surface area contributed by atoms with E-state index in [4.69, 9.17) is 24.7 Å². The van der Waals surface area contributed by atoms with Crippen LogP contribution in [0, 0.1) is 20.2 Å². The molecule has 2 amide bonds. The molecule has 0 bridgehead atoms. The highest BCUT2D eigenvalue weighted by Gasteiger charge is 2.34. The number of esters is 1. The number of alkyl carbamates (subject to hydrolysis) is 1. The maximum absolute atomic E-state index is 12.6. The number of ether oxygens (including phenoxy) is 4. The fourth-order valence-electron chi connectivity index (χ4n) is 4.10. The van der Waals surface area contributed by atoms with Crippen LogP contribution in [-0.4, -0.2) is 79.1 Å². The number of nitro benzene ring substituents is 2. The Labute approximate surface area is 269 Å². The Balaban J connectivity index is 2.53. The largest absolute Gasteiger partial charge is 0.493 e. The molecule has 0 saturated heterocycles. The standard InChI is InChI=1S/C29H39N5O11S/c1-29(2,3)45-28(37)32-20(27(36)43-5)17-46-26(18-9-6-7-10-21(18)33(38)39)19-15-23(42-4)24(16-22(19)34(40)41)44-14-8-11-25(35)31-13-12-30/h6-7,9-10,15-16,20,26H,8,11-14,17,30H2,1-5H3,(H,31,35)(H,32,37). The number of nitrogens with one attached hydrogen (secondary N) is 2. The molecule has 2 rings (SSSR count). The van der Waals surface area contributed by atoms with Gasteiger partial charge in [-0.1, -0.05) is 18.2 Å². The number of hydrogen-bond donors (Lipinski definition) is 3. The number of nitrogens with zero attached hydrogens (tertiary/aromatic N) is 2. The second-order valence-electron chi connectivity index (χ2n) is 10.7. The zero-order valence-corrected chi connectivity index (χ0v) is 27.0. The first-order valence-corrected chi connectivity index (χ1v) is 15.1. The van der Waals surface area contributed by atoms with Crippen molar-refractivity contribution in [2.45, 2.75) is 50.5 Å². The van der Waals surface area contributed by atoms with E-state index in [1.54, 1.807) is 20.8 Å². The molecule has 2 atom stereocenters. The third-order valence-corrected chi connectivity index (χ3v) is 7.45. The van der Waals surface area contributed by atoms with Crippen molar-refractivity contribution in [2.75, 3.05) is 39.7 Å². The molecule has 0 radical (unpaired) electrons. The van der Waals surface area contributed by atoms with E-state index in [1.807, 2.05) is 0 Å². The van der Waals surface area contributed by atoms with Gasteiger partial charge in [-0.05, 0) is 33.3 Å². The van der Waals surface area contributed by atoms with Crippen LogP contribution in [0.1, 0.15) is 50.0 Å². The number of carbonyl (C=O) groups is 3. The van der Waals surface area contributed by atoms with E-state index in [0.717, 1.165) is 24.9 Å². The van der Waals surface area contributed by atoms with Gasteiger partial charge in [0.05, 0.1) is 47.6 Å². The third-order valence-electron chi connectivity index (χ3n) is 6.09. The van der Waals surface area contributed by atoms with Crippen molar-refractivity contribution < 1.29 is 43.2 Å². The number of methoxy groups -OCH3 is 2. The molecule has 2 aromatic rings. The van der Waals surface area contributed by atoms with Crippen molar-refractivity contribution in [1.82, 2.24) is 10.6 Å². The van der Waals surface area contributed by atoms with Crippen molar-refractivity contribution in [3.05, 3.63) is 67.8 Å². The second kappa shape index (κ2) is 17.7. The fourth-order valence-corrected chi connectivity index (χ4v) is 5.45. The number of rotatable bonds is 17. The molecule has 0 spiro atoms. The summed E-state index contributed by atoms with van der Waals surface area (Å²) in [4.78, 5) is 60.1. The molecule has 252 valence electrons. The number of nitro groups is 2. The molecule has 4 N–H and O–H groups in total. The molecule has 0 fully saturated rings. The molecule has 0 aliphatic carbocycles. The number of para-hydroxylation sites is 1. The minimum absolute atomic E-state index is 0.00977. The lowest BCUT2D eigenvalue weighted by Gasteiger charge is -2.24. The van der Waals surface area contributed by atoms with Gasteiger partial charge >= 0.3 is 12.1 Å². The zero-order valence-electron chi connectivity index (χ0n) is 26.2. The number of thioether (sulfide) groups is 1. The van der Waals surface area contributed by atoms with E-state index < -0.39 is 44.5 Å². The summed E-state index contributed by atoms with van der Waals surface area (Å²) in [5.41, 5.74) is 3.85. The van der Waals surface area contributed by atoms with E-state index in [9.17, 15) is 34.6 Å². The van der Waals surface area contributed by atoms with Crippen LogP contribution >= 0.6 is 11.8 Å². The highest BCUT2D eigenvalue weighted by Crippen LogP contribution is 2.47. The molecule has 46 heavy (non-hydrogen) atoms. The van der Waals surface area contributed by atoms with E-state index >= 15 is 0 Å². The summed E-state index contributed by atoms with van der Waals surface area (Å²) in [6.45, 7) is 5.57. The van der Waals surface area contributed by atoms with Crippen LogP contribution in [0.3, 0.4) is 0 Å². The van der Waals surface area contributed by atoms with Gasteiger partial charge in [-0.25, -0.2) is 9.59 Å². The predicted molar refractivity (Wildman–Crippen MR) is 169 cm³/mol. The minimum Gasteiger partial charge on any atom is -0.493 e. The van der Waals surface area contributed by atoms with Gasteiger partial charge < -0.3 is 35.3 Å². The Kier molecular flexibility index (Phi) is 14.5. The summed E-state index contributed by atoms with van der Waals surface area (Å²) < 4.78 is 21.3. The Morgan fingerprint density at radius 2 is 1.67 bits per heavy atom. The molecule has 2 unspecified atom stereocenters. The van der Waals surface area contributed by atoms with Gasteiger partial charge in [0, 0.05) is 36.9 Å². The van der Waals surface area contributed by atoms with E-state index in [2.05, 4.69) is 10.6 Å². The van der Waals surface area contributed by atoms with Crippen molar-refractivity contribution in [3.8, 4) is 11.5 Å². The smallest absolute Gasteiger partial charge is 0.408 e. The van der Waals surface area contributed by atoms with Crippen molar-refractivity contribution >= 4 is 41.1 Å². The lowest BCUT2D eigenvalue weighted by Crippen LogP contribution is -2.45. The summed E-state index contributed by atoms with van der Waals surface area (Å²) >= 11 is 0.929. The Morgan fingerprint density at radius 3 is 2.26 bits per heavy atom. The number of carbonyl (C=O) groups excluding carboxylic acids is 3. The van der Waals surface area contributed by atoms with Crippen LogP contribution in [0.15, 0.2) is 36.4 Å². The van der Waals surface area contributed by atoms with Crippen LogP contribution in [0.25, 0.3) is 0 Å². The second-order valence-corrected chi connectivity index (χ2v) is 11.8. The van der Waals surface area contributed by atoms with Crippen LogP contribution in [0.4, 0.5) is 16.2 Å². The fraction of sp³-hybridized carbons (Fsp3) is 0.483. The molecule has 16 nitrogen and oxygen atoms in total. The lowest BCUT2D eigenvalue weighted by atomic mass is 10.00. The van der Waals surface area contributed by atoms with Gasteiger partial charge in [-0.3, -0.25) is 25.0 Å². The van der Waals surface area contributed by atoms with Gasteiger partial charge in [-0.2, -0.15) is 0 Å². The number of amides is 2. The number of benzene rings is 2. The molecular formula is C29H39N5O11S. The number of hydrogen-bond acceptors (Lipinski definition) is 13. The molecule has 2 aromatic carbocycles. The van der Waals surface area contributed by atoms with Crippen LogP contribution in [0.2, 0.25) is 0 Å². The molecule has 0 heterocycles. The predicted octanol–water partition coefficient (Wildman–Crippen LogP) is 3.63. The van der Waals surface area contributed by atoms with E-state index in [0.29, 0.717) is 19.5 Å². The Morgan fingerprint density at radius 1 is 1.00 bits per heavy atom. The quantitative estimate of drug-likeness (QED) is 0.0951. The molecule has 17 heteroatoms. The summed E-state index contributed by atoms with van der Waals surface area (Å²) in [6, 6.07) is 6.89. The third kappa shape index (κ3) is 11.4. The van der Waals surface area contributed by atoms with Crippen molar-refractivity contribution in [3.63, 3.8) is 0 Å². The first-order valence-electron chi connectivity index (χ1n) is 14.1. The summed E-state index contributed by atoms with van der Waals surface area (Å²) in [7, 11) is 2.44. The summed E-state index contributed by atoms with van der Waals surface area (Å²) in [5, 5.41) is 28.3. The monoisotopic (exact) mass is 665 g/mol. The molecular weight excluding hydrogens is 626 g/mol. The maximum atomic E-state index is 12.6. The Hall–Kier alpha value is -4.64. The highest BCUT2D eigenvalue weighted by atomic mass is 32.2. The highest BCUT2D eigenvalue weighted by molar-refractivity contribution is 7.99. The van der Waals surface area contributed by atoms with Gasteiger partial charge in [0.1, 0.15) is 11.6 Å². The van der Waals surface area contributed by atoms with E-state index in [-0.39, 0.29) is 53.0 Å². The topological polar surface area (TPSA) is 224 Å². The van der Waals surface area contributed by atoms with Gasteiger partial charge in [0.25, 0.3) is 11.4 Å². The zero-order chi connectivity index (χ0) is 34.4. The average molecular weight is 666 g/mol. The molecule has 0 saturated carbocycles. The van der Waals surface area contributed by atoms with Crippen molar-refractivity contribution in [2.24, 2.45) is 5.73 Å². The first-order chi connectivity index (χ1) is 21.7. The van der Waals surface area contributed by atoms with Gasteiger partial charge in [0.15, 0.2) is 11.5 Å². The minimum atomic E-state index is -1.28. The summed E-state index contributed by atoms with van der Waals surface area (Å²) in [5.74, 6) is -1.16. The molecule has 0 aliphatic rings. The normalized spacial score (nSPS) is 12.3. The van der Waals surface area contributed by atoms with Crippen LogP contribution in [-0.2, 0) is 19.1 Å². The average Bonchev–Trinajstić information content (AvgIpc) is 3.00. The lowest BCUT2D eigenvalue weighted by molar-refractivity contribution is -0.386.